The van der Waals surface area contributed by atoms with Crippen LogP contribution in [-0.4, -0.2) is 53.2 Å². The molecule has 0 aromatic carbocycles. The van der Waals surface area contributed by atoms with Gasteiger partial charge in [0, 0.05) is 44.7 Å². The van der Waals surface area contributed by atoms with Gasteiger partial charge >= 0.3 is 0 Å². The van der Waals surface area contributed by atoms with Gasteiger partial charge in [-0.25, -0.2) is 0 Å². The van der Waals surface area contributed by atoms with Gasteiger partial charge in [-0.05, 0) is 32.4 Å². The minimum Gasteiger partial charge on any atom is -0.465 e. The molecule has 1 saturated heterocycles. The molecule has 0 unspecified atom stereocenters. The zero-order valence-corrected chi connectivity index (χ0v) is 13.0. The van der Waals surface area contributed by atoms with Crippen molar-refractivity contribution in [3.8, 4) is 0 Å². The molecule has 2 heterocycles. The molecule has 4 nitrogen and oxygen atoms in total. The molecule has 0 amide bonds. The third-order valence-corrected chi connectivity index (χ3v) is 4.18. The van der Waals surface area contributed by atoms with Crippen molar-refractivity contribution in [1.82, 2.24) is 9.80 Å². The molecule has 0 aliphatic carbocycles. The molecule has 0 spiro atoms. The first kappa shape index (κ1) is 15.5. The number of aliphatic hydroxyl groups is 1. The van der Waals surface area contributed by atoms with E-state index in [1.807, 2.05) is 0 Å². The van der Waals surface area contributed by atoms with Crippen LogP contribution in [0.5, 0.6) is 0 Å². The van der Waals surface area contributed by atoms with Crippen molar-refractivity contribution < 1.29 is 9.52 Å². The summed E-state index contributed by atoms with van der Waals surface area (Å²) in [6, 6.07) is 5.16. The molecule has 1 aliphatic heterocycles. The Kier molecular flexibility index (Phi) is 5.64. The van der Waals surface area contributed by atoms with E-state index in [2.05, 4.69) is 42.7 Å². The number of hydrogen-bond acceptors (Lipinski definition) is 4. The molecule has 2 rings (SSSR count). The van der Waals surface area contributed by atoms with Crippen molar-refractivity contribution in [3.05, 3.63) is 23.7 Å². The number of aliphatic hydroxyl groups excluding tert-OH is 1. The first-order valence-corrected chi connectivity index (χ1v) is 7.80. The number of aryl methyl sites for hydroxylation is 1. The zero-order valence-electron chi connectivity index (χ0n) is 13.0. The highest BCUT2D eigenvalue weighted by Gasteiger charge is 2.28. The van der Waals surface area contributed by atoms with E-state index < -0.39 is 0 Å². The average Bonchev–Trinajstić information content (AvgIpc) is 2.87. The number of hydrogen-bond donors (Lipinski definition) is 1. The summed E-state index contributed by atoms with van der Waals surface area (Å²) in [5, 5.41) is 9.27. The molecule has 1 aliphatic rings. The van der Waals surface area contributed by atoms with Crippen LogP contribution < -0.4 is 0 Å². The van der Waals surface area contributed by atoms with Crippen LogP contribution in [0.15, 0.2) is 16.5 Å². The van der Waals surface area contributed by atoms with Crippen molar-refractivity contribution in [2.24, 2.45) is 0 Å². The van der Waals surface area contributed by atoms with Crippen molar-refractivity contribution >= 4 is 0 Å². The SMILES string of the molecule is CCc1ccc(CN2CCN(C(C)C)[C@@H](CCO)C2)o1. The quantitative estimate of drug-likeness (QED) is 0.866. The van der Waals surface area contributed by atoms with Gasteiger partial charge in [0.1, 0.15) is 11.5 Å². The molecule has 114 valence electrons. The summed E-state index contributed by atoms with van der Waals surface area (Å²) in [5.41, 5.74) is 0. The predicted molar refractivity (Wildman–Crippen MR) is 80.7 cm³/mol. The van der Waals surface area contributed by atoms with Crippen LogP contribution in [0.1, 0.15) is 38.7 Å². The molecule has 1 aromatic rings. The molecule has 0 radical (unpaired) electrons. The third kappa shape index (κ3) is 3.84. The van der Waals surface area contributed by atoms with E-state index in [0.717, 1.165) is 50.5 Å². The lowest BCUT2D eigenvalue weighted by Gasteiger charge is -2.43. The van der Waals surface area contributed by atoms with Crippen LogP contribution in [0.2, 0.25) is 0 Å². The number of piperazine rings is 1. The van der Waals surface area contributed by atoms with Gasteiger partial charge < -0.3 is 9.52 Å². The number of furan rings is 1. The topological polar surface area (TPSA) is 39.9 Å². The second kappa shape index (κ2) is 7.25. The summed E-state index contributed by atoms with van der Waals surface area (Å²) in [4.78, 5) is 4.95. The molecular formula is C16H28N2O2. The normalized spacial score (nSPS) is 21.8. The summed E-state index contributed by atoms with van der Waals surface area (Å²) >= 11 is 0. The van der Waals surface area contributed by atoms with Gasteiger partial charge in [0.2, 0.25) is 0 Å². The minimum absolute atomic E-state index is 0.266. The van der Waals surface area contributed by atoms with Gasteiger partial charge in [-0.1, -0.05) is 6.92 Å². The zero-order chi connectivity index (χ0) is 14.5. The van der Waals surface area contributed by atoms with Crippen molar-refractivity contribution in [2.75, 3.05) is 26.2 Å². The maximum Gasteiger partial charge on any atom is 0.118 e. The molecule has 4 heteroatoms. The van der Waals surface area contributed by atoms with E-state index in [1.54, 1.807) is 0 Å². The Bertz CT molecular complexity index is 403. The molecule has 1 N–H and O–H groups in total. The lowest BCUT2D eigenvalue weighted by atomic mass is 10.1. The van der Waals surface area contributed by atoms with Gasteiger partial charge in [0.15, 0.2) is 0 Å². The van der Waals surface area contributed by atoms with E-state index in [0.29, 0.717) is 12.1 Å². The highest BCUT2D eigenvalue weighted by Crippen LogP contribution is 2.19. The van der Waals surface area contributed by atoms with E-state index in [-0.39, 0.29) is 6.61 Å². The summed E-state index contributed by atoms with van der Waals surface area (Å²) in [6.07, 6.45) is 1.81. The second-order valence-corrected chi connectivity index (χ2v) is 5.95. The lowest BCUT2D eigenvalue weighted by Crippen LogP contribution is -2.55. The fourth-order valence-electron chi connectivity index (χ4n) is 3.08. The van der Waals surface area contributed by atoms with E-state index in [9.17, 15) is 5.11 Å². The van der Waals surface area contributed by atoms with E-state index in [4.69, 9.17) is 4.42 Å². The summed E-state index contributed by atoms with van der Waals surface area (Å²) in [5.74, 6) is 2.12. The Labute approximate surface area is 122 Å². The highest BCUT2D eigenvalue weighted by atomic mass is 16.3. The number of rotatable bonds is 6. The molecule has 1 atom stereocenters. The summed E-state index contributed by atoms with van der Waals surface area (Å²) in [6.45, 7) is 10.9. The molecule has 1 fully saturated rings. The molecule has 20 heavy (non-hydrogen) atoms. The van der Waals surface area contributed by atoms with Crippen LogP contribution >= 0.6 is 0 Å². The van der Waals surface area contributed by atoms with E-state index >= 15 is 0 Å². The van der Waals surface area contributed by atoms with Crippen LogP contribution in [-0.2, 0) is 13.0 Å². The molecule has 0 saturated carbocycles. The fourth-order valence-corrected chi connectivity index (χ4v) is 3.08. The third-order valence-electron chi connectivity index (χ3n) is 4.18. The van der Waals surface area contributed by atoms with Crippen molar-refractivity contribution in [2.45, 2.75) is 52.2 Å². The highest BCUT2D eigenvalue weighted by molar-refractivity contribution is 5.07. The average molecular weight is 280 g/mol. The first-order chi connectivity index (χ1) is 9.63. The standard InChI is InChI=1S/C16H28N2O2/c1-4-15-5-6-16(20-15)12-17-8-9-18(13(2)3)14(11-17)7-10-19/h5-6,13-14,19H,4,7-12H2,1-3H3/t14-/m0/s1. The maximum absolute atomic E-state index is 9.27. The summed E-state index contributed by atoms with van der Waals surface area (Å²) < 4.78 is 5.80. The predicted octanol–water partition coefficient (Wildman–Crippen LogP) is 2.12. The van der Waals surface area contributed by atoms with Gasteiger partial charge in [0.05, 0.1) is 6.54 Å². The maximum atomic E-state index is 9.27. The Balaban J connectivity index is 1.93. The van der Waals surface area contributed by atoms with Gasteiger partial charge in [-0.15, -0.1) is 0 Å². The fraction of sp³-hybridized carbons (Fsp3) is 0.750. The van der Waals surface area contributed by atoms with E-state index in [1.165, 1.54) is 0 Å². The second-order valence-electron chi connectivity index (χ2n) is 5.95. The Hall–Kier alpha value is -0.840. The largest absolute Gasteiger partial charge is 0.465 e. The Morgan fingerprint density at radius 3 is 2.65 bits per heavy atom. The summed E-state index contributed by atoms with van der Waals surface area (Å²) in [7, 11) is 0. The van der Waals surface area contributed by atoms with Crippen molar-refractivity contribution in [3.63, 3.8) is 0 Å². The number of nitrogens with zero attached hydrogens (tertiary/aromatic N) is 2. The van der Waals surface area contributed by atoms with Gasteiger partial charge in [-0.3, -0.25) is 9.80 Å². The van der Waals surface area contributed by atoms with Gasteiger partial charge in [0.25, 0.3) is 0 Å². The Morgan fingerprint density at radius 2 is 2.05 bits per heavy atom. The first-order valence-electron chi connectivity index (χ1n) is 7.80. The minimum atomic E-state index is 0.266. The van der Waals surface area contributed by atoms with Crippen LogP contribution in [0.25, 0.3) is 0 Å². The van der Waals surface area contributed by atoms with Gasteiger partial charge in [-0.2, -0.15) is 0 Å². The van der Waals surface area contributed by atoms with Crippen LogP contribution in [0, 0.1) is 0 Å². The Morgan fingerprint density at radius 1 is 1.30 bits per heavy atom. The molecular weight excluding hydrogens is 252 g/mol. The monoisotopic (exact) mass is 280 g/mol. The molecule has 0 bridgehead atoms. The van der Waals surface area contributed by atoms with Crippen LogP contribution in [0.4, 0.5) is 0 Å². The van der Waals surface area contributed by atoms with Crippen molar-refractivity contribution in [1.29, 1.82) is 0 Å². The smallest absolute Gasteiger partial charge is 0.118 e. The lowest BCUT2D eigenvalue weighted by molar-refractivity contribution is 0.0321. The molecule has 1 aromatic heterocycles. The van der Waals surface area contributed by atoms with Crippen LogP contribution in [0.3, 0.4) is 0 Å².